The second kappa shape index (κ2) is 6.08. The number of phenols is 1. The summed E-state index contributed by atoms with van der Waals surface area (Å²) >= 11 is 0. The molecule has 1 aromatic heterocycles. The van der Waals surface area contributed by atoms with E-state index >= 15 is 0 Å². The van der Waals surface area contributed by atoms with Gasteiger partial charge in [0.1, 0.15) is 34.3 Å². The first kappa shape index (κ1) is 15.6. The largest absolute Gasteiger partial charge is 0.546 e. The normalized spacial score (nSPS) is 12.0. The molecule has 24 heavy (non-hydrogen) atoms. The van der Waals surface area contributed by atoms with Crippen LogP contribution in [0.1, 0.15) is 6.92 Å². The number of hydrogen-bond donors (Lipinski definition) is 1. The summed E-state index contributed by atoms with van der Waals surface area (Å²) in [6.07, 6.45) is -1.22. The number of ether oxygens (including phenoxy) is 1. The van der Waals surface area contributed by atoms with E-state index in [0.717, 1.165) is 0 Å². The molecule has 6 heteroatoms. The summed E-state index contributed by atoms with van der Waals surface area (Å²) in [7, 11) is 0. The second-order valence-electron chi connectivity index (χ2n) is 5.24. The van der Waals surface area contributed by atoms with Crippen LogP contribution in [-0.2, 0) is 4.79 Å². The van der Waals surface area contributed by atoms with Crippen LogP contribution in [0.15, 0.2) is 57.7 Å². The third-order valence-corrected chi connectivity index (χ3v) is 3.49. The van der Waals surface area contributed by atoms with E-state index in [9.17, 15) is 19.8 Å². The van der Waals surface area contributed by atoms with Crippen LogP contribution in [0.5, 0.6) is 11.5 Å². The zero-order valence-electron chi connectivity index (χ0n) is 12.7. The number of hydrogen-bond acceptors (Lipinski definition) is 6. The molecule has 2 aromatic carbocycles. The summed E-state index contributed by atoms with van der Waals surface area (Å²) in [6.45, 7) is 1.30. The number of aromatic hydroxyl groups is 1. The Labute approximate surface area is 136 Å². The lowest BCUT2D eigenvalue weighted by Crippen LogP contribution is -2.37. The molecule has 1 atom stereocenters. The third-order valence-electron chi connectivity index (χ3n) is 3.49. The SMILES string of the molecule is C[C@H](Oc1cc(O)c2c(=O)cc(-c3ccccc3)oc2c1)C(=O)[O-]. The van der Waals surface area contributed by atoms with Crippen LogP contribution in [0.4, 0.5) is 0 Å². The first-order valence-electron chi connectivity index (χ1n) is 7.19. The van der Waals surface area contributed by atoms with Crippen LogP contribution in [0.25, 0.3) is 22.3 Å². The maximum absolute atomic E-state index is 12.3. The minimum Gasteiger partial charge on any atom is -0.546 e. The predicted octanol–water partition coefficient (Wildman–Crippen LogP) is 1.68. The van der Waals surface area contributed by atoms with E-state index in [2.05, 4.69) is 0 Å². The average molecular weight is 325 g/mol. The second-order valence-corrected chi connectivity index (χ2v) is 5.24. The van der Waals surface area contributed by atoms with Crippen LogP contribution in [-0.4, -0.2) is 17.2 Å². The Morgan fingerprint density at radius 2 is 1.92 bits per heavy atom. The molecule has 1 N–H and O–H groups in total. The molecule has 0 aliphatic carbocycles. The van der Waals surface area contributed by atoms with Crippen LogP contribution < -0.4 is 15.3 Å². The van der Waals surface area contributed by atoms with Gasteiger partial charge in [-0.15, -0.1) is 0 Å². The van der Waals surface area contributed by atoms with Crippen molar-refractivity contribution in [1.82, 2.24) is 0 Å². The van der Waals surface area contributed by atoms with E-state index in [1.165, 1.54) is 25.1 Å². The van der Waals surface area contributed by atoms with E-state index in [0.29, 0.717) is 11.3 Å². The highest BCUT2D eigenvalue weighted by Crippen LogP contribution is 2.31. The number of aliphatic carboxylic acids is 1. The van der Waals surface area contributed by atoms with E-state index in [1.807, 2.05) is 6.07 Å². The highest BCUT2D eigenvalue weighted by Gasteiger charge is 2.14. The van der Waals surface area contributed by atoms with Crippen LogP contribution in [0.2, 0.25) is 0 Å². The molecular weight excluding hydrogens is 312 g/mol. The Balaban J connectivity index is 2.14. The highest BCUT2D eigenvalue weighted by molar-refractivity contribution is 5.86. The molecule has 0 spiro atoms. The number of benzene rings is 2. The number of phenolic OH excluding ortho intramolecular Hbond substituents is 1. The van der Waals surface area contributed by atoms with Gasteiger partial charge < -0.3 is 24.2 Å². The highest BCUT2D eigenvalue weighted by atomic mass is 16.5. The lowest BCUT2D eigenvalue weighted by molar-refractivity contribution is -0.312. The molecule has 0 aliphatic heterocycles. The standard InChI is InChI=1S/C18H14O6/c1-10(18(21)22)23-12-7-13(19)17-14(20)9-15(24-16(17)8-12)11-5-3-2-4-6-11/h2-10,19H,1H3,(H,21,22)/p-1/t10-/m0/s1. The van der Waals surface area contributed by atoms with Crippen LogP contribution >= 0.6 is 0 Å². The van der Waals surface area contributed by atoms with Gasteiger partial charge in [0, 0.05) is 23.8 Å². The van der Waals surface area contributed by atoms with Gasteiger partial charge in [0.25, 0.3) is 0 Å². The van der Waals surface area contributed by atoms with Crippen molar-refractivity contribution < 1.29 is 24.2 Å². The summed E-state index contributed by atoms with van der Waals surface area (Å²) < 4.78 is 10.9. The van der Waals surface area contributed by atoms with Crippen molar-refractivity contribution in [1.29, 1.82) is 0 Å². The summed E-state index contributed by atoms with van der Waals surface area (Å²) in [5.74, 6) is -1.35. The Morgan fingerprint density at radius 3 is 2.58 bits per heavy atom. The van der Waals surface area contributed by atoms with Gasteiger partial charge in [0.2, 0.25) is 0 Å². The van der Waals surface area contributed by atoms with Gasteiger partial charge in [-0.1, -0.05) is 30.3 Å². The van der Waals surface area contributed by atoms with Crippen molar-refractivity contribution in [3.05, 3.63) is 58.8 Å². The number of fused-ring (bicyclic) bond motifs is 1. The third kappa shape index (κ3) is 2.94. The Kier molecular flexibility index (Phi) is 3.95. The predicted molar refractivity (Wildman–Crippen MR) is 84.7 cm³/mol. The average Bonchev–Trinajstić information content (AvgIpc) is 2.54. The fourth-order valence-corrected chi connectivity index (χ4v) is 2.31. The summed E-state index contributed by atoms with van der Waals surface area (Å²) in [5.41, 5.74) is 0.388. The number of carboxylic acid groups (broad SMARTS) is 1. The molecule has 0 bridgehead atoms. The molecule has 0 radical (unpaired) electrons. The van der Waals surface area contributed by atoms with Crippen LogP contribution in [0, 0.1) is 0 Å². The van der Waals surface area contributed by atoms with Gasteiger partial charge in [-0.25, -0.2) is 0 Å². The van der Waals surface area contributed by atoms with Crippen molar-refractivity contribution >= 4 is 16.9 Å². The molecule has 0 amide bonds. The monoisotopic (exact) mass is 325 g/mol. The number of carbonyl (C=O) groups excluding carboxylic acids is 1. The molecule has 122 valence electrons. The van der Waals surface area contributed by atoms with E-state index < -0.39 is 17.5 Å². The smallest absolute Gasteiger partial charge is 0.197 e. The molecule has 0 fully saturated rings. The maximum Gasteiger partial charge on any atom is 0.197 e. The van der Waals surface area contributed by atoms with Crippen molar-refractivity contribution in [3.8, 4) is 22.8 Å². The zero-order valence-corrected chi connectivity index (χ0v) is 12.7. The van der Waals surface area contributed by atoms with Crippen molar-refractivity contribution in [3.63, 3.8) is 0 Å². The Bertz CT molecular complexity index is 958. The molecular formula is C18H13O6-. The number of rotatable bonds is 4. The minimum atomic E-state index is -1.39. The fraction of sp³-hybridized carbons (Fsp3) is 0.111. The van der Waals surface area contributed by atoms with Gasteiger partial charge in [-0.05, 0) is 6.92 Å². The molecule has 0 saturated carbocycles. The quantitative estimate of drug-likeness (QED) is 0.783. The topological polar surface area (TPSA) is 99.8 Å². The molecule has 6 nitrogen and oxygen atoms in total. The van der Waals surface area contributed by atoms with Gasteiger partial charge in [-0.3, -0.25) is 4.79 Å². The van der Waals surface area contributed by atoms with Crippen molar-refractivity contribution in [2.75, 3.05) is 0 Å². The van der Waals surface area contributed by atoms with E-state index in [1.54, 1.807) is 24.3 Å². The van der Waals surface area contributed by atoms with Crippen molar-refractivity contribution in [2.45, 2.75) is 13.0 Å². The van der Waals surface area contributed by atoms with Gasteiger partial charge >= 0.3 is 0 Å². The van der Waals surface area contributed by atoms with E-state index in [-0.39, 0.29) is 22.5 Å². The van der Waals surface area contributed by atoms with Gasteiger partial charge in [0.15, 0.2) is 5.43 Å². The van der Waals surface area contributed by atoms with Gasteiger partial charge in [-0.2, -0.15) is 0 Å². The van der Waals surface area contributed by atoms with Crippen LogP contribution in [0.3, 0.4) is 0 Å². The molecule has 3 aromatic rings. The molecule has 3 rings (SSSR count). The lowest BCUT2D eigenvalue weighted by Gasteiger charge is -2.16. The number of carboxylic acids is 1. The Morgan fingerprint density at radius 1 is 1.21 bits per heavy atom. The molecule has 1 heterocycles. The minimum absolute atomic E-state index is 0.00290. The first-order chi connectivity index (χ1) is 11.5. The fourth-order valence-electron chi connectivity index (χ4n) is 2.31. The van der Waals surface area contributed by atoms with Crippen molar-refractivity contribution in [2.24, 2.45) is 0 Å². The molecule has 0 unspecified atom stereocenters. The molecule has 0 aliphatic rings. The first-order valence-corrected chi connectivity index (χ1v) is 7.19. The Hall–Kier alpha value is -3.28. The lowest BCUT2D eigenvalue weighted by atomic mass is 10.1. The molecule has 0 saturated heterocycles. The summed E-state index contributed by atoms with van der Waals surface area (Å²) in [5, 5.41) is 20.8. The van der Waals surface area contributed by atoms with E-state index in [4.69, 9.17) is 9.15 Å². The summed E-state index contributed by atoms with van der Waals surface area (Å²) in [6, 6.07) is 12.8. The number of carbonyl (C=O) groups is 1. The van der Waals surface area contributed by atoms with Gasteiger partial charge in [0.05, 0.1) is 5.97 Å². The summed E-state index contributed by atoms with van der Waals surface area (Å²) in [4.78, 5) is 23.0. The maximum atomic E-state index is 12.3. The zero-order chi connectivity index (χ0) is 17.3.